The molecule has 0 radical (unpaired) electrons. The van der Waals surface area contributed by atoms with Gasteiger partial charge in [0, 0.05) is 91.8 Å². The van der Waals surface area contributed by atoms with Gasteiger partial charge in [-0.3, -0.25) is 14.8 Å². The molecular weight excluding hydrogens is 885 g/mol. The quantitative estimate of drug-likeness (QED) is 0.107. The number of hydrogen-bond acceptors (Lipinski definition) is 6. The number of carboxylic acid groups (broad SMARTS) is 1. The Morgan fingerprint density at radius 2 is 1.57 bits per heavy atom. The number of pyridine rings is 1. The van der Waals surface area contributed by atoms with E-state index in [-0.39, 0.29) is 12.0 Å². The van der Waals surface area contributed by atoms with Crippen molar-refractivity contribution in [3.63, 3.8) is 0 Å². The Hall–Kier alpha value is -7.19. The second kappa shape index (κ2) is 27.4. The highest BCUT2D eigenvalue weighted by atomic mass is 16.3. The summed E-state index contributed by atoms with van der Waals surface area (Å²) >= 11 is 0. The van der Waals surface area contributed by atoms with Crippen LogP contribution in [0.25, 0.3) is 33.8 Å². The second-order valence-electron chi connectivity index (χ2n) is 18.2. The molecule has 1 saturated carbocycles. The first-order valence-electron chi connectivity index (χ1n) is 25.1. The Labute approximate surface area is 434 Å². The van der Waals surface area contributed by atoms with E-state index in [1.54, 1.807) is 0 Å². The van der Waals surface area contributed by atoms with Crippen LogP contribution in [-0.2, 0) is 16.8 Å². The van der Waals surface area contributed by atoms with E-state index in [2.05, 4.69) is 205 Å². The number of carbonyl (C=O) groups is 1. The van der Waals surface area contributed by atoms with Gasteiger partial charge in [-0.15, -0.1) is 26.3 Å². The minimum absolute atomic E-state index is 0.193. The number of aryl methyl sites for hydroxylation is 4. The van der Waals surface area contributed by atoms with Crippen LogP contribution in [-0.4, -0.2) is 58.9 Å². The number of aliphatic imine (C=N–C) groups is 1. The summed E-state index contributed by atoms with van der Waals surface area (Å²) in [7, 11) is 3.94. The standard InChI is InChI=1S/C42H51N5.C15H17N.C2H6.2C2H4.CH2O2/c1-25-18-34(19-26(2)29(25)5)20-27(3)38-24-46(17-15-39(38)44-11)32(8)41-22-36-21-35(37-14-16-45-31(7)30(37)6)12-13-40(36)47(41)42(23-28(42)4)33(9)43-10;1-4-6-14-11-15(9-8-12(14)2)16-10-5-7-13(16)3;3*1-2;2-1-3/h12-14,16,18-19,21-22,28,43H,8-9,15,17,20,23-24H2,1-7,10-11H3;4-6,8-11H,3,7H2,1-2H3;1-2H3;2*1-2H2;1H,(H,2,3)/b38-27-,44-39?;6-4-;;;;. The largest absolute Gasteiger partial charge is 0.483 e. The fourth-order valence-electron chi connectivity index (χ4n) is 9.79. The van der Waals surface area contributed by atoms with E-state index in [1.807, 2.05) is 41.1 Å². The van der Waals surface area contributed by atoms with E-state index in [4.69, 9.17) is 21.5 Å². The molecule has 0 amide bonds. The molecule has 2 aromatic heterocycles. The van der Waals surface area contributed by atoms with Crippen molar-refractivity contribution in [1.82, 2.24) is 19.8 Å². The molecule has 4 heterocycles. The van der Waals surface area contributed by atoms with Gasteiger partial charge in [-0.1, -0.05) is 88.6 Å². The maximum Gasteiger partial charge on any atom is 0.290 e. The summed E-state index contributed by atoms with van der Waals surface area (Å²) in [5, 5.41) is 11.5. The van der Waals surface area contributed by atoms with E-state index in [1.165, 1.54) is 89.2 Å². The molecule has 2 fully saturated rings. The number of nitrogens with one attached hydrogen (secondary N) is 1. The molecule has 8 heteroatoms. The average Bonchev–Trinajstić information content (AvgIpc) is 3.65. The summed E-state index contributed by atoms with van der Waals surface area (Å²) in [6.45, 7) is 50.5. The van der Waals surface area contributed by atoms with Gasteiger partial charge < -0.3 is 24.8 Å². The Bertz CT molecular complexity index is 2830. The van der Waals surface area contributed by atoms with Crippen LogP contribution in [0.2, 0.25) is 0 Å². The van der Waals surface area contributed by atoms with Gasteiger partial charge in [0.25, 0.3) is 6.47 Å². The van der Waals surface area contributed by atoms with Crippen molar-refractivity contribution in [2.45, 2.75) is 107 Å². The van der Waals surface area contributed by atoms with Crippen LogP contribution in [0.5, 0.6) is 0 Å². The predicted octanol–water partition coefficient (Wildman–Crippen LogP) is 15.6. The second-order valence-corrected chi connectivity index (χ2v) is 18.2. The summed E-state index contributed by atoms with van der Waals surface area (Å²) in [4.78, 5) is 22.3. The first kappa shape index (κ1) is 59.1. The molecular formula is C64H84N6O2. The van der Waals surface area contributed by atoms with Crippen LogP contribution in [0.3, 0.4) is 0 Å². The number of nitrogens with zero attached hydrogens (tertiary/aromatic N) is 5. The number of aromatic nitrogens is 2. The molecule has 2 N–H and O–H groups in total. The Kier molecular flexibility index (Phi) is 22.5. The van der Waals surface area contributed by atoms with Gasteiger partial charge in [-0.25, -0.2) is 0 Å². The molecule has 8 rings (SSSR count). The van der Waals surface area contributed by atoms with Gasteiger partial charge in [-0.2, -0.15) is 0 Å². The Balaban J connectivity index is 0.000000454. The molecule has 8 nitrogen and oxygen atoms in total. The number of piperidine rings is 1. The number of benzene rings is 3. The number of hydrogen-bond donors (Lipinski definition) is 2. The van der Waals surface area contributed by atoms with Gasteiger partial charge in [0.05, 0.1) is 16.9 Å². The van der Waals surface area contributed by atoms with E-state index in [9.17, 15) is 0 Å². The number of allylic oxidation sites excluding steroid dienone is 4. The summed E-state index contributed by atoms with van der Waals surface area (Å²) < 4.78 is 2.54. The zero-order valence-corrected chi connectivity index (χ0v) is 46.1. The zero-order valence-electron chi connectivity index (χ0n) is 46.1. The van der Waals surface area contributed by atoms with Gasteiger partial charge in [0.15, 0.2) is 0 Å². The molecule has 382 valence electrons. The lowest BCUT2D eigenvalue weighted by molar-refractivity contribution is -0.122. The lowest BCUT2D eigenvalue weighted by atomic mass is 9.91. The first-order valence-corrected chi connectivity index (χ1v) is 25.1. The van der Waals surface area contributed by atoms with Crippen LogP contribution >= 0.6 is 0 Å². The third-order valence-electron chi connectivity index (χ3n) is 14.1. The smallest absolute Gasteiger partial charge is 0.290 e. The normalized spacial score (nSPS) is 17.7. The van der Waals surface area contributed by atoms with E-state index in [0.717, 1.165) is 61.6 Å². The molecule has 2 atom stereocenters. The third kappa shape index (κ3) is 13.0. The molecule has 2 aliphatic heterocycles. The minimum atomic E-state index is -0.250. The van der Waals surface area contributed by atoms with Crippen molar-refractivity contribution in [2.75, 3.05) is 32.1 Å². The van der Waals surface area contributed by atoms with E-state index in [0.29, 0.717) is 5.92 Å². The maximum atomic E-state index is 8.36. The van der Waals surface area contributed by atoms with Gasteiger partial charge in [0.2, 0.25) is 0 Å². The van der Waals surface area contributed by atoms with Crippen molar-refractivity contribution in [3.8, 4) is 11.1 Å². The van der Waals surface area contributed by atoms with Gasteiger partial charge in [0.1, 0.15) is 0 Å². The SMILES string of the molecule is C=C.C=C.C=C(c1cc2cc(-c3ccnc(C)c3C)ccc2n1C1(C(=C)NC)CC1C)N1CCC(=NC)/C(=C(/C)Cc2cc(C)c(C)c(C)c2)C1.C=C1CC=CN1c1ccc(C)c(/C=C\C)c1.CC.O=CO. The molecule has 0 spiro atoms. The van der Waals surface area contributed by atoms with Crippen molar-refractivity contribution in [3.05, 3.63) is 204 Å². The number of rotatable bonds is 10. The number of likely N-dealkylation sites (tertiary alicyclic amines) is 1. The Morgan fingerprint density at radius 1 is 0.931 bits per heavy atom. The first-order chi connectivity index (χ1) is 34.5. The number of anilines is 1. The molecule has 1 saturated heterocycles. The predicted molar refractivity (Wildman–Crippen MR) is 314 cm³/mol. The molecule has 1 aliphatic carbocycles. The summed E-state index contributed by atoms with van der Waals surface area (Å²) in [6, 6.07) is 22.6. The number of likely N-dealkylation sites (N-methyl/N-ethyl adjacent to an activating group) is 1. The minimum Gasteiger partial charge on any atom is -0.483 e. The van der Waals surface area contributed by atoms with Gasteiger partial charge in [-0.05, 0) is 166 Å². The van der Waals surface area contributed by atoms with Crippen molar-refractivity contribution in [2.24, 2.45) is 10.9 Å². The maximum absolute atomic E-state index is 8.36. The fourth-order valence-corrected chi connectivity index (χ4v) is 9.79. The molecule has 3 aliphatic rings. The lowest BCUT2D eigenvalue weighted by Crippen LogP contribution is -2.37. The van der Waals surface area contributed by atoms with Crippen LogP contribution in [0.1, 0.15) is 104 Å². The van der Waals surface area contributed by atoms with Crippen molar-refractivity contribution < 1.29 is 9.90 Å². The van der Waals surface area contributed by atoms with Crippen molar-refractivity contribution in [1.29, 1.82) is 0 Å². The summed E-state index contributed by atoms with van der Waals surface area (Å²) in [5.74, 6) is 0.466. The highest BCUT2D eigenvalue weighted by Crippen LogP contribution is 2.57. The van der Waals surface area contributed by atoms with Crippen LogP contribution in [0, 0.1) is 47.5 Å². The monoisotopic (exact) mass is 969 g/mol. The van der Waals surface area contributed by atoms with Crippen LogP contribution in [0.15, 0.2) is 159 Å². The average molecular weight is 969 g/mol. The molecule has 5 aromatic rings. The highest BCUT2D eigenvalue weighted by Gasteiger charge is 2.56. The van der Waals surface area contributed by atoms with Crippen molar-refractivity contribution >= 4 is 40.5 Å². The third-order valence-corrected chi connectivity index (χ3v) is 14.1. The van der Waals surface area contributed by atoms with E-state index < -0.39 is 0 Å². The lowest BCUT2D eigenvalue weighted by Gasteiger charge is -2.35. The summed E-state index contributed by atoms with van der Waals surface area (Å²) in [5.41, 5.74) is 23.4. The molecule has 72 heavy (non-hydrogen) atoms. The summed E-state index contributed by atoms with van der Waals surface area (Å²) in [6.07, 6.45) is 14.2. The number of fused-ring (bicyclic) bond motifs is 1. The van der Waals surface area contributed by atoms with Gasteiger partial charge >= 0.3 is 0 Å². The molecule has 3 aromatic carbocycles. The molecule has 2 unspecified atom stereocenters. The van der Waals surface area contributed by atoms with Crippen LogP contribution in [0.4, 0.5) is 5.69 Å². The Morgan fingerprint density at radius 3 is 2.12 bits per heavy atom. The zero-order chi connectivity index (χ0) is 54.0. The fraction of sp³-hybridized carbons (Fsp3) is 0.328. The topological polar surface area (TPSA) is 86.0 Å². The van der Waals surface area contributed by atoms with Crippen LogP contribution < -0.4 is 10.2 Å². The van der Waals surface area contributed by atoms with E-state index >= 15 is 0 Å². The molecule has 0 bridgehead atoms. The highest BCUT2D eigenvalue weighted by molar-refractivity contribution is 6.02.